The van der Waals surface area contributed by atoms with Gasteiger partial charge in [-0.05, 0) is 54.1 Å². The Labute approximate surface area is 146 Å². The van der Waals surface area contributed by atoms with Crippen molar-refractivity contribution in [3.63, 3.8) is 0 Å². The zero-order valence-electron chi connectivity index (χ0n) is 13.0. The maximum Gasteiger partial charge on any atom is 0.269 e. The van der Waals surface area contributed by atoms with Gasteiger partial charge in [-0.1, -0.05) is 12.1 Å². The normalized spacial score (nSPS) is 17.1. The number of carbonyl (C=O) groups excluding carboxylic acids is 1. The van der Waals surface area contributed by atoms with Crippen LogP contribution in [0.25, 0.3) is 6.08 Å². The number of non-ortho nitro benzene ring substituents is 1. The van der Waals surface area contributed by atoms with Gasteiger partial charge in [-0.3, -0.25) is 14.9 Å². The smallest absolute Gasteiger partial charge is 0.269 e. The van der Waals surface area contributed by atoms with Gasteiger partial charge in [0, 0.05) is 12.1 Å². The minimum Gasteiger partial charge on any atom is -0.300 e. The lowest BCUT2D eigenvalue weighted by atomic mass is 10.2. The molecule has 6 nitrogen and oxygen atoms in total. The summed E-state index contributed by atoms with van der Waals surface area (Å²) in [5, 5.41) is 13.8. The standard InChI is InChI=1S/C17H12FN3O3S/c1-10-8-13(21(23)24)6-7-14(10)19-17-20-16(22)15(25-17)9-11-2-4-12(18)5-3-11/h2-9H,1H3,(H,19,20,22)/b15-9+. The van der Waals surface area contributed by atoms with E-state index < -0.39 is 4.92 Å². The second-order valence-corrected chi connectivity index (χ2v) is 6.29. The molecule has 2 aromatic carbocycles. The van der Waals surface area contributed by atoms with Gasteiger partial charge in [0.1, 0.15) is 5.82 Å². The molecule has 0 saturated carbocycles. The molecule has 1 aliphatic heterocycles. The SMILES string of the molecule is Cc1cc([N+](=O)[O-])ccc1N=C1NC(=O)/C(=C\c2ccc(F)cc2)S1. The molecule has 0 aromatic heterocycles. The highest BCUT2D eigenvalue weighted by molar-refractivity contribution is 8.18. The van der Waals surface area contributed by atoms with Gasteiger partial charge in [0.2, 0.25) is 0 Å². The number of rotatable bonds is 3. The molecule has 2 aromatic rings. The van der Waals surface area contributed by atoms with E-state index >= 15 is 0 Å². The largest absolute Gasteiger partial charge is 0.300 e. The van der Waals surface area contributed by atoms with Gasteiger partial charge in [0.25, 0.3) is 11.6 Å². The highest BCUT2D eigenvalue weighted by atomic mass is 32.2. The highest BCUT2D eigenvalue weighted by Gasteiger charge is 2.24. The van der Waals surface area contributed by atoms with Gasteiger partial charge in [-0.25, -0.2) is 9.38 Å². The van der Waals surface area contributed by atoms with Crippen LogP contribution in [0.5, 0.6) is 0 Å². The molecule has 1 saturated heterocycles. The zero-order valence-corrected chi connectivity index (χ0v) is 13.8. The van der Waals surface area contributed by atoms with E-state index in [1.54, 1.807) is 25.1 Å². The van der Waals surface area contributed by atoms with Crippen molar-refractivity contribution >= 4 is 40.3 Å². The number of aryl methyl sites for hydroxylation is 1. The Balaban J connectivity index is 1.83. The minimum absolute atomic E-state index is 0.0125. The first-order valence-electron chi connectivity index (χ1n) is 7.22. The molecule has 3 rings (SSSR count). The molecule has 1 aliphatic rings. The fourth-order valence-electron chi connectivity index (χ4n) is 2.18. The molecule has 0 bridgehead atoms. The molecule has 0 radical (unpaired) electrons. The topological polar surface area (TPSA) is 84.6 Å². The molecular formula is C17H12FN3O3S. The number of hydrogen-bond acceptors (Lipinski definition) is 5. The van der Waals surface area contributed by atoms with Crippen molar-refractivity contribution in [1.29, 1.82) is 0 Å². The second kappa shape index (κ2) is 6.86. The minimum atomic E-state index is -0.473. The maximum absolute atomic E-state index is 12.9. The molecular weight excluding hydrogens is 345 g/mol. The van der Waals surface area contributed by atoms with Crippen LogP contribution in [-0.2, 0) is 4.79 Å². The summed E-state index contributed by atoms with van der Waals surface area (Å²) in [5.74, 6) is -0.644. The van der Waals surface area contributed by atoms with E-state index in [1.807, 2.05) is 0 Å². The number of hydrogen-bond donors (Lipinski definition) is 1. The van der Waals surface area contributed by atoms with Gasteiger partial charge in [-0.15, -0.1) is 0 Å². The molecule has 1 heterocycles. The molecule has 126 valence electrons. The van der Waals surface area contributed by atoms with Crippen molar-refractivity contribution in [3.05, 3.63) is 74.4 Å². The zero-order chi connectivity index (χ0) is 18.0. The first-order valence-corrected chi connectivity index (χ1v) is 8.04. The van der Waals surface area contributed by atoms with Gasteiger partial charge in [0.05, 0.1) is 15.5 Å². The summed E-state index contributed by atoms with van der Waals surface area (Å²) in [4.78, 5) is 27.1. The average Bonchev–Trinajstić information content (AvgIpc) is 2.91. The van der Waals surface area contributed by atoms with Crippen molar-refractivity contribution in [3.8, 4) is 0 Å². The summed E-state index contributed by atoms with van der Waals surface area (Å²) in [6, 6.07) is 10.1. The van der Waals surface area contributed by atoms with E-state index in [1.165, 1.54) is 30.3 Å². The first kappa shape index (κ1) is 16.8. The van der Waals surface area contributed by atoms with Gasteiger partial charge < -0.3 is 5.32 Å². The van der Waals surface area contributed by atoms with E-state index in [-0.39, 0.29) is 17.4 Å². The lowest BCUT2D eigenvalue weighted by Gasteiger charge is -2.01. The number of nitrogens with zero attached hydrogens (tertiary/aromatic N) is 2. The fraction of sp³-hybridized carbons (Fsp3) is 0.0588. The van der Waals surface area contributed by atoms with Crippen LogP contribution in [0.15, 0.2) is 52.4 Å². The Morgan fingerprint density at radius 2 is 1.96 bits per heavy atom. The van der Waals surface area contributed by atoms with Crippen LogP contribution < -0.4 is 5.32 Å². The summed E-state index contributed by atoms with van der Waals surface area (Å²) >= 11 is 1.15. The number of thioether (sulfide) groups is 1. The number of nitro groups is 1. The van der Waals surface area contributed by atoms with Gasteiger partial charge in [0.15, 0.2) is 5.17 Å². The number of halogens is 1. The summed E-state index contributed by atoms with van der Waals surface area (Å²) in [7, 11) is 0. The molecule has 1 fully saturated rings. The van der Waals surface area contributed by atoms with Crippen LogP contribution in [0.3, 0.4) is 0 Å². The van der Waals surface area contributed by atoms with Crippen LogP contribution in [0, 0.1) is 22.9 Å². The maximum atomic E-state index is 12.9. The predicted molar refractivity (Wildman–Crippen MR) is 95.0 cm³/mol. The summed E-state index contributed by atoms with van der Waals surface area (Å²) in [5.41, 5.74) is 1.86. The summed E-state index contributed by atoms with van der Waals surface area (Å²) in [6.07, 6.45) is 1.64. The van der Waals surface area contributed by atoms with Crippen LogP contribution in [-0.4, -0.2) is 16.0 Å². The van der Waals surface area contributed by atoms with E-state index in [2.05, 4.69) is 10.3 Å². The van der Waals surface area contributed by atoms with E-state index in [9.17, 15) is 19.3 Å². The van der Waals surface area contributed by atoms with Gasteiger partial charge in [-0.2, -0.15) is 0 Å². The number of nitrogens with one attached hydrogen (secondary N) is 1. The Kier molecular flexibility index (Phi) is 4.62. The average molecular weight is 357 g/mol. The molecule has 1 N–H and O–H groups in total. The molecule has 25 heavy (non-hydrogen) atoms. The van der Waals surface area contributed by atoms with Crippen molar-refractivity contribution in [1.82, 2.24) is 5.32 Å². The van der Waals surface area contributed by atoms with Gasteiger partial charge >= 0.3 is 0 Å². The number of carbonyl (C=O) groups is 1. The van der Waals surface area contributed by atoms with E-state index in [0.29, 0.717) is 26.9 Å². The lowest BCUT2D eigenvalue weighted by molar-refractivity contribution is -0.384. The third-order valence-electron chi connectivity index (χ3n) is 3.43. The van der Waals surface area contributed by atoms with Crippen LogP contribution in [0.4, 0.5) is 15.8 Å². The van der Waals surface area contributed by atoms with Crippen LogP contribution in [0.2, 0.25) is 0 Å². The Hall–Kier alpha value is -3.00. The summed E-state index contributed by atoms with van der Waals surface area (Å²) in [6.45, 7) is 1.71. The van der Waals surface area contributed by atoms with E-state index in [4.69, 9.17) is 0 Å². The third-order valence-corrected chi connectivity index (χ3v) is 4.34. The molecule has 0 spiro atoms. The highest BCUT2D eigenvalue weighted by Crippen LogP contribution is 2.30. The number of aliphatic imine (C=N–C) groups is 1. The van der Waals surface area contributed by atoms with Crippen LogP contribution >= 0.6 is 11.8 Å². The Morgan fingerprint density at radius 3 is 2.60 bits per heavy atom. The second-order valence-electron chi connectivity index (χ2n) is 5.26. The monoisotopic (exact) mass is 357 g/mol. The Morgan fingerprint density at radius 1 is 1.24 bits per heavy atom. The number of nitro benzene ring substituents is 1. The first-order chi connectivity index (χ1) is 11.9. The van der Waals surface area contributed by atoms with E-state index in [0.717, 1.165) is 11.8 Å². The number of amidine groups is 1. The molecule has 0 aliphatic carbocycles. The molecule has 0 unspecified atom stereocenters. The quantitative estimate of drug-likeness (QED) is 0.512. The van der Waals surface area contributed by atoms with Crippen molar-refractivity contribution in [2.45, 2.75) is 6.92 Å². The Bertz CT molecular complexity index is 923. The number of amides is 1. The van der Waals surface area contributed by atoms with Crippen molar-refractivity contribution in [2.75, 3.05) is 0 Å². The van der Waals surface area contributed by atoms with Crippen molar-refractivity contribution in [2.24, 2.45) is 4.99 Å². The molecule has 8 heteroatoms. The molecule has 1 amide bonds. The fourth-order valence-corrected chi connectivity index (χ4v) is 3.01. The third kappa shape index (κ3) is 3.92. The summed E-state index contributed by atoms with van der Waals surface area (Å²) < 4.78 is 12.9. The van der Waals surface area contributed by atoms with Crippen molar-refractivity contribution < 1.29 is 14.1 Å². The lowest BCUT2D eigenvalue weighted by Crippen LogP contribution is -2.19. The number of benzene rings is 2. The van der Waals surface area contributed by atoms with Crippen LogP contribution in [0.1, 0.15) is 11.1 Å². The molecule has 0 atom stereocenters. The predicted octanol–water partition coefficient (Wildman–Crippen LogP) is 3.93.